The first-order valence-electron chi connectivity index (χ1n) is 7.47. The molecule has 6 heteroatoms. The Morgan fingerprint density at radius 1 is 1.30 bits per heavy atom. The molecule has 1 aliphatic rings. The number of rotatable bonds is 3. The second-order valence-corrected chi connectivity index (χ2v) is 5.98. The first kappa shape index (κ1) is 19.7. The molecule has 1 aromatic carbocycles. The minimum Gasteiger partial charge on any atom is -0.341 e. The third-order valence-electron chi connectivity index (χ3n) is 4.38. The van der Waals surface area contributed by atoms with Crippen LogP contribution in [0.2, 0.25) is 0 Å². The number of nitrogens with two attached hydrogens (primary N) is 1. The summed E-state index contributed by atoms with van der Waals surface area (Å²) in [6.07, 6.45) is 6.36. The van der Waals surface area contributed by atoms with Gasteiger partial charge in [0.1, 0.15) is 0 Å². The topological polar surface area (TPSA) is 59.2 Å². The molecule has 23 heavy (non-hydrogen) atoms. The van der Waals surface area contributed by atoms with E-state index >= 15 is 0 Å². The fraction of sp³-hybridized carbons (Fsp3) is 0.412. The highest BCUT2D eigenvalue weighted by Gasteiger charge is 2.29. The fourth-order valence-corrected chi connectivity index (χ4v) is 3.21. The predicted octanol–water partition coefficient (Wildman–Crippen LogP) is 3.16. The zero-order valence-electron chi connectivity index (χ0n) is 13.1. The van der Waals surface area contributed by atoms with Gasteiger partial charge in [-0.05, 0) is 36.3 Å². The van der Waals surface area contributed by atoms with E-state index in [1.807, 2.05) is 36.3 Å². The number of aromatic nitrogens is 1. The Hall–Kier alpha value is -1.36. The van der Waals surface area contributed by atoms with E-state index in [-0.39, 0.29) is 42.7 Å². The van der Waals surface area contributed by atoms with Crippen LogP contribution in [0.3, 0.4) is 0 Å². The van der Waals surface area contributed by atoms with E-state index in [0.29, 0.717) is 6.54 Å². The molecular formula is C17H23Cl2N3O. The number of halogens is 2. The van der Waals surface area contributed by atoms with Gasteiger partial charge in [-0.25, -0.2) is 0 Å². The van der Waals surface area contributed by atoms with Crippen LogP contribution in [0.4, 0.5) is 0 Å². The molecule has 1 fully saturated rings. The smallest absolute Gasteiger partial charge is 0.225 e. The normalized spacial score (nSPS) is 19.7. The molecule has 3 rings (SSSR count). The van der Waals surface area contributed by atoms with E-state index < -0.39 is 0 Å². The van der Waals surface area contributed by atoms with Crippen LogP contribution in [0.1, 0.15) is 24.8 Å². The number of pyridine rings is 1. The van der Waals surface area contributed by atoms with Gasteiger partial charge >= 0.3 is 0 Å². The lowest BCUT2D eigenvalue weighted by atomic mass is 10.0. The Morgan fingerprint density at radius 3 is 2.78 bits per heavy atom. The number of amides is 1. The van der Waals surface area contributed by atoms with E-state index in [2.05, 4.69) is 11.1 Å². The monoisotopic (exact) mass is 355 g/mol. The summed E-state index contributed by atoms with van der Waals surface area (Å²) in [7, 11) is 1.88. The molecule has 4 nitrogen and oxygen atoms in total. The SMILES string of the molecule is CN(Cc1cccc2cnccc12)C(=O)[C@H]1CC[C@@H](N)C1.Cl.Cl. The first-order valence-corrected chi connectivity index (χ1v) is 7.47. The van der Waals surface area contributed by atoms with Gasteiger partial charge in [0.2, 0.25) is 5.91 Å². The molecule has 1 aliphatic carbocycles. The maximum Gasteiger partial charge on any atom is 0.225 e. The summed E-state index contributed by atoms with van der Waals surface area (Å²) >= 11 is 0. The third-order valence-corrected chi connectivity index (χ3v) is 4.38. The number of nitrogens with zero attached hydrogens (tertiary/aromatic N) is 2. The summed E-state index contributed by atoms with van der Waals surface area (Å²) in [5, 5.41) is 2.27. The van der Waals surface area contributed by atoms with Gasteiger partial charge in [-0.2, -0.15) is 0 Å². The number of benzene rings is 1. The Bertz CT molecular complexity index is 660. The average molecular weight is 356 g/mol. The molecule has 0 saturated heterocycles. The molecule has 0 unspecified atom stereocenters. The number of carbonyl (C=O) groups is 1. The standard InChI is InChI=1S/C17H21N3O.2ClH/c1-20(17(21)12-5-6-15(18)9-12)11-14-4-2-3-13-10-19-8-7-16(13)14;;/h2-4,7-8,10,12,15H,5-6,9,11,18H2,1H3;2*1H/t12-,15+;;/m0../s1. The van der Waals surface area contributed by atoms with Gasteiger partial charge in [0.25, 0.3) is 0 Å². The summed E-state index contributed by atoms with van der Waals surface area (Å²) in [6, 6.07) is 8.34. The Morgan fingerprint density at radius 2 is 2.09 bits per heavy atom. The lowest BCUT2D eigenvalue weighted by Gasteiger charge is -2.22. The average Bonchev–Trinajstić information content (AvgIpc) is 2.93. The molecule has 0 bridgehead atoms. The van der Waals surface area contributed by atoms with E-state index in [4.69, 9.17) is 5.73 Å². The number of hydrogen-bond acceptors (Lipinski definition) is 3. The van der Waals surface area contributed by atoms with Crippen molar-refractivity contribution in [1.29, 1.82) is 0 Å². The van der Waals surface area contributed by atoms with Gasteiger partial charge in [-0.1, -0.05) is 18.2 Å². The van der Waals surface area contributed by atoms with Crippen LogP contribution < -0.4 is 5.73 Å². The summed E-state index contributed by atoms with van der Waals surface area (Å²) < 4.78 is 0. The van der Waals surface area contributed by atoms with Gasteiger partial charge < -0.3 is 10.6 Å². The van der Waals surface area contributed by atoms with E-state index in [1.54, 1.807) is 6.20 Å². The van der Waals surface area contributed by atoms with Crippen molar-refractivity contribution in [2.45, 2.75) is 31.8 Å². The molecule has 2 aromatic rings. The zero-order valence-corrected chi connectivity index (χ0v) is 14.8. The van der Waals surface area contributed by atoms with Crippen LogP contribution in [0.25, 0.3) is 10.8 Å². The molecule has 126 valence electrons. The number of carbonyl (C=O) groups excluding carboxylic acids is 1. The highest BCUT2D eigenvalue weighted by molar-refractivity contribution is 5.86. The van der Waals surface area contributed by atoms with E-state index in [1.165, 1.54) is 0 Å². The first-order chi connectivity index (χ1) is 10.1. The molecular weight excluding hydrogens is 333 g/mol. The lowest BCUT2D eigenvalue weighted by Crippen LogP contribution is -2.32. The number of fused-ring (bicyclic) bond motifs is 1. The van der Waals surface area contributed by atoms with Gasteiger partial charge in [0, 0.05) is 43.3 Å². The van der Waals surface area contributed by atoms with Crippen LogP contribution in [-0.2, 0) is 11.3 Å². The van der Waals surface area contributed by atoms with Crippen LogP contribution >= 0.6 is 24.8 Å². The molecule has 1 amide bonds. The second-order valence-electron chi connectivity index (χ2n) is 5.98. The minimum atomic E-state index is 0. The highest BCUT2D eigenvalue weighted by atomic mass is 35.5. The molecule has 0 radical (unpaired) electrons. The van der Waals surface area contributed by atoms with Crippen molar-refractivity contribution in [3.05, 3.63) is 42.2 Å². The molecule has 2 N–H and O–H groups in total. The largest absolute Gasteiger partial charge is 0.341 e. The number of hydrogen-bond donors (Lipinski definition) is 1. The maximum absolute atomic E-state index is 12.5. The van der Waals surface area contributed by atoms with Crippen molar-refractivity contribution < 1.29 is 4.79 Å². The summed E-state index contributed by atoms with van der Waals surface area (Å²) in [4.78, 5) is 18.5. The van der Waals surface area contributed by atoms with Crippen molar-refractivity contribution in [1.82, 2.24) is 9.88 Å². The van der Waals surface area contributed by atoms with Gasteiger partial charge in [0.15, 0.2) is 0 Å². The molecule has 1 saturated carbocycles. The molecule has 0 aliphatic heterocycles. The predicted molar refractivity (Wildman–Crippen MR) is 98.0 cm³/mol. The molecule has 1 heterocycles. The zero-order chi connectivity index (χ0) is 14.8. The molecule has 0 spiro atoms. The lowest BCUT2D eigenvalue weighted by molar-refractivity contribution is -0.134. The van der Waals surface area contributed by atoms with Crippen molar-refractivity contribution in [3.8, 4) is 0 Å². The summed E-state index contributed by atoms with van der Waals surface area (Å²) in [5.41, 5.74) is 7.07. The minimum absolute atomic E-state index is 0. The van der Waals surface area contributed by atoms with Crippen LogP contribution in [0, 0.1) is 5.92 Å². The van der Waals surface area contributed by atoms with Gasteiger partial charge in [-0.3, -0.25) is 9.78 Å². The van der Waals surface area contributed by atoms with Crippen molar-refractivity contribution in [2.75, 3.05) is 7.05 Å². The Labute approximate surface area is 149 Å². The van der Waals surface area contributed by atoms with Crippen LogP contribution in [-0.4, -0.2) is 28.9 Å². The maximum atomic E-state index is 12.5. The van der Waals surface area contributed by atoms with E-state index in [0.717, 1.165) is 35.6 Å². The summed E-state index contributed by atoms with van der Waals surface area (Å²) in [5.74, 6) is 0.315. The van der Waals surface area contributed by atoms with Gasteiger partial charge in [0.05, 0.1) is 0 Å². The second kappa shape index (κ2) is 8.48. The fourth-order valence-electron chi connectivity index (χ4n) is 3.21. The van der Waals surface area contributed by atoms with Crippen molar-refractivity contribution in [2.24, 2.45) is 11.7 Å². The van der Waals surface area contributed by atoms with E-state index in [9.17, 15) is 4.79 Å². The summed E-state index contributed by atoms with van der Waals surface area (Å²) in [6.45, 7) is 0.631. The van der Waals surface area contributed by atoms with Crippen LogP contribution in [0.5, 0.6) is 0 Å². The third kappa shape index (κ3) is 4.34. The van der Waals surface area contributed by atoms with Gasteiger partial charge in [-0.15, -0.1) is 24.8 Å². The highest BCUT2D eigenvalue weighted by Crippen LogP contribution is 2.27. The van der Waals surface area contributed by atoms with Crippen molar-refractivity contribution >= 4 is 41.5 Å². The molecule has 1 aromatic heterocycles. The Kier molecular flexibility index (Phi) is 7.26. The molecule has 2 atom stereocenters. The van der Waals surface area contributed by atoms with Crippen molar-refractivity contribution in [3.63, 3.8) is 0 Å². The van der Waals surface area contributed by atoms with Crippen LogP contribution in [0.15, 0.2) is 36.7 Å². The quantitative estimate of drug-likeness (QED) is 0.919. The Balaban J connectivity index is 0.00000132.